The van der Waals surface area contributed by atoms with E-state index >= 15 is 0 Å². The van der Waals surface area contributed by atoms with E-state index in [-0.39, 0.29) is 10.5 Å². The number of nitrogens with one attached hydrogen (secondary N) is 1. The molecular weight excluding hydrogens is 276 g/mol. The highest BCUT2D eigenvalue weighted by molar-refractivity contribution is 8.18. The zero-order chi connectivity index (χ0) is 14.2. The molecular formula is C10H6N2O6S. The third kappa shape index (κ3) is 2.50. The number of phenolic OH excluding ortho intramolecular Hbond substituents is 2. The molecule has 1 aromatic rings. The van der Waals surface area contributed by atoms with Crippen molar-refractivity contribution in [1.29, 1.82) is 0 Å². The van der Waals surface area contributed by atoms with Gasteiger partial charge in [-0.15, -0.1) is 0 Å². The van der Waals surface area contributed by atoms with Crippen LogP contribution in [0.15, 0.2) is 17.0 Å². The highest BCUT2D eigenvalue weighted by Gasteiger charge is 2.26. The standard InChI is InChI=1S/C10H6N2O6S/c13-6-2-4(1-5(8(6)14)12(17)18)3-7-9(15)11-10(16)19-7/h1-3,13-14H,(H,11,15,16). The van der Waals surface area contributed by atoms with Gasteiger partial charge in [-0.2, -0.15) is 0 Å². The van der Waals surface area contributed by atoms with E-state index in [1.807, 2.05) is 5.32 Å². The lowest BCUT2D eigenvalue weighted by Crippen LogP contribution is -2.17. The Labute approximate surface area is 109 Å². The van der Waals surface area contributed by atoms with E-state index in [2.05, 4.69) is 0 Å². The molecule has 0 bridgehead atoms. The number of thioether (sulfide) groups is 1. The molecule has 1 aliphatic heterocycles. The number of rotatable bonds is 2. The van der Waals surface area contributed by atoms with Crippen LogP contribution in [0.1, 0.15) is 5.56 Å². The van der Waals surface area contributed by atoms with Gasteiger partial charge in [0.25, 0.3) is 11.1 Å². The normalized spacial score (nSPS) is 16.7. The first kappa shape index (κ1) is 12.9. The minimum absolute atomic E-state index is 0.0457. The summed E-state index contributed by atoms with van der Waals surface area (Å²) in [6.07, 6.45) is 1.21. The third-order valence-electron chi connectivity index (χ3n) is 2.23. The molecule has 0 unspecified atom stereocenters. The molecule has 1 saturated heterocycles. The van der Waals surface area contributed by atoms with Crippen LogP contribution >= 0.6 is 11.8 Å². The summed E-state index contributed by atoms with van der Waals surface area (Å²) in [4.78, 5) is 32.1. The highest BCUT2D eigenvalue weighted by atomic mass is 32.2. The predicted octanol–water partition coefficient (Wildman–Crippen LogP) is 1.33. The number of aromatic hydroxyl groups is 2. The topological polar surface area (TPSA) is 130 Å². The van der Waals surface area contributed by atoms with Gasteiger partial charge in [0.05, 0.1) is 9.83 Å². The number of amides is 2. The van der Waals surface area contributed by atoms with E-state index in [1.165, 1.54) is 6.08 Å². The summed E-state index contributed by atoms with van der Waals surface area (Å²) in [6, 6.07) is 2.03. The summed E-state index contributed by atoms with van der Waals surface area (Å²) in [5.74, 6) is -2.16. The van der Waals surface area contributed by atoms with Gasteiger partial charge in [0.1, 0.15) is 0 Å². The molecule has 0 radical (unpaired) electrons. The summed E-state index contributed by atoms with van der Waals surface area (Å²) in [6.45, 7) is 0. The van der Waals surface area contributed by atoms with Crippen molar-refractivity contribution in [3.8, 4) is 11.5 Å². The number of hydrogen-bond acceptors (Lipinski definition) is 7. The molecule has 0 aromatic heterocycles. The maximum absolute atomic E-state index is 11.3. The number of carbonyl (C=O) groups is 2. The number of phenols is 2. The Kier molecular flexibility index (Phi) is 3.13. The van der Waals surface area contributed by atoms with Crippen molar-refractivity contribution in [2.24, 2.45) is 0 Å². The molecule has 0 atom stereocenters. The lowest BCUT2D eigenvalue weighted by molar-refractivity contribution is -0.386. The molecule has 0 saturated carbocycles. The van der Waals surface area contributed by atoms with E-state index in [0.29, 0.717) is 11.8 Å². The molecule has 2 rings (SSSR count). The van der Waals surface area contributed by atoms with Crippen molar-refractivity contribution < 1.29 is 24.7 Å². The lowest BCUT2D eigenvalue weighted by Gasteiger charge is -2.01. The first-order valence-electron chi connectivity index (χ1n) is 4.83. The molecule has 1 heterocycles. The average Bonchev–Trinajstić information content (AvgIpc) is 2.62. The molecule has 2 amide bonds. The maximum Gasteiger partial charge on any atom is 0.315 e. The fourth-order valence-corrected chi connectivity index (χ4v) is 2.10. The van der Waals surface area contributed by atoms with Crippen LogP contribution in [-0.2, 0) is 4.79 Å². The van der Waals surface area contributed by atoms with Gasteiger partial charge >= 0.3 is 5.69 Å². The second-order valence-corrected chi connectivity index (χ2v) is 4.53. The van der Waals surface area contributed by atoms with E-state index in [0.717, 1.165) is 12.1 Å². The average molecular weight is 282 g/mol. The molecule has 1 aromatic carbocycles. The highest BCUT2D eigenvalue weighted by Crippen LogP contribution is 2.37. The van der Waals surface area contributed by atoms with Crippen molar-refractivity contribution in [1.82, 2.24) is 5.32 Å². The van der Waals surface area contributed by atoms with Gasteiger partial charge in [0, 0.05) is 6.07 Å². The van der Waals surface area contributed by atoms with Crippen LogP contribution in [0.4, 0.5) is 10.5 Å². The Balaban J connectivity index is 2.47. The Hall–Kier alpha value is -2.55. The molecule has 9 heteroatoms. The van der Waals surface area contributed by atoms with Crippen molar-refractivity contribution in [3.63, 3.8) is 0 Å². The molecule has 19 heavy (non-hydrogen) atoms. The smallest absolute Gasteiger partial charge is 0.315 e. The van der Waals surface area contributed by atoms with Crippen molar-refractivity contribution >= 4 is 34.7 Å². The van der Waals surface area contributed by atoms with Crippen molar-refractivity contribution in [2.45, 2.75) is 0 Å². The summed E-state index contributed by atoms with van der Waals surface area (Å²) in [5.41, 5.74) is -0.573. The van der Waals surface area contributed by atoms with E-state index < -0.39 is 33.3 Å². The maximum atomic E-state index is 11.3. The predicted molar refractivity (Wildman–Crippen MR) is 65.5 cm³/mol. The van der Waals surface area contributed by atoms with Crippen LogP contribution < -0.4 is 5.32 Å². The second-order valence-electron chi connectivity index (χ2n) is 3.52. The first-order chi connectivity index (χ1) is 8.88. The fourth-order valence-electron chi connectivity index (χ4n) is 1.42. The van der Waals surface area contributed by atoms with Gasteiger partial charge in [-0.3, -0.25) is 25.0 Å². The molecule has 8 nitrogen and oxygen atoms in total. The SMILES string of the molecule is O=C1NC(=O)C(=Cc2cc(O)c(O)c([N+](=O)[O-])c2)S1. The van der Waals surface area contributed by atoms with E-state index in [1.54, 1.807) is 0 Å². The Morgan fingerprint density at radius 1 is 1.32 bits per heavy atom. The minimum Gasteiger partial charge on any atom is -0.504 e. The quantitative estimate of drug-likeness (QED) is 0.323. The second kappa shape index (κ2) is 4.61. The summed E-state index contributed by atoms with van der Waals surface area (Å²) in [7, 11) is 0. The van der Waals surface area contributed by atoms with Crippen LogP contribution in [0.5, 0.6) is 11.5 Å². The molecule has 1 fully saturated rings. The zero-order valence-electron chi connectivity index (χ0n) is 9.11. The number of nitrogens with zero attached hydrogens (tertiary/aromatic N) is 1. The lowest BCUT2D eigenvalue weighted by atomic mass is 10.1. The summed E-state index contributed by atoms with van der Waals surface area (Å²) < 4.78 is 0. The number of carbonyl (C=O) groups excluding carboxylic acids is 2. The largest absolute Gasteiger partial charge is 0.504 e. The van der Waals surface area contributed by atoms with Crippen LogP contribution in [0.25, 0.3) is 6.08 Å². The number of nitro benzene ring substituents is 1. The Morgan fingerprint density at radius 2 is 2.00 bits per heavy atom. The number of benzene rings is 1. The monoisotopic (exact) mass is 282 g/mol. The van der Waals surface area contributed by atoms with Crippen LogP contribution in [0, 0.1) is 10.1 Å². The van der Waals surface area contributed by atoms with Gasteiger partial charge in [0.2, 0.25) is 5.75 Å². The molecule has 3 N–H and O–H groups in total. The molecule has 0 spiro atoms. The van der Waals surface area contributed by atoms with E-state index in [9.17, 15) is 29.9 Å². The van der Waals surface area contributed by atoms with Gasteiger partial charge in [-0.1, -0.05) is 0 Å². The number of imide groups is 1. The van der Waals surface area contributed by atoms with Crippen molar-refractivity contribution in [3.05, 3.63) is 32.7 Å². The van der Waals surface area contributed by atoms with Crippen LogP contribution in [-0.4, -0.2) is 26.3 Å². The van der Waals surface area contributed by atoms with Gasteiger partial charge in [-0.25, -0.2) is 0 Å². The van der Waals surface area contributed by atoms with Crippen LogP contribution in [0.2, 0.25) is 0 Å². The fraction of sp³-hybridized carbons (Fsp3) is 0. The first-order valence-corrected chi connectivity index (χ1v) is 5.65. The molecule has 1 aliphatic rings. The number of nitro groups is 1. The van der Waals surface area contributed by atoms with Crippen molar-refractivity contribution in [2.75, 3.05) is 0 Å². The van der Waals surface area contributed by atoms with Gasteiger partial charge < -0.3 is 10.2 Å². The third-order valence-corrected chi connectivity index (χ3v) is 3.04. The summed E-state index contributed by atoms with van der Waals surface area (Å²) >= 11 is 0.640. The minimum atomic E-state index is -0.871. The van der Waals surface area contributed by atoms with Gasteiger partial charge in [-0.05, 0) is 29.5 Å². The Morgan fingerprint density at radius 3 is 2.53 bits per heavy atom. The zero-order valence-corrected chi connectivity index (χ0v) is 9.93. The van der Waals surface area contributed by atoms with Crippen LogP contribution in [0.3, 0.4) is 0 Å². The summed E-state index contributed by atoms with van der Waals surface area (Å²) in [5, 5.41) is 30.8. The van der Waals surface area contributed by atoms with E-state index in [4.69, 9.17) is 0 Å². The molecule has 0 aliphatic carbocycles. The Bertz CT molecular complexity index is 639. The molecule has 98 valence electrons. The van der Waals surface area contributed by atoms with Gasteiger partial charge in [0.15, 0.2) is 5.75 Å². The number of hydrogen-bond donors (Lipinski definition) is 3.